The van der Waals surface area contributed by atoms with Gasteiger partial charge >= 0.3 is 5.97 Å². The van der Waals surface area contributed by atoms with Crippen molar-refractivity contribution in [2.45, 2.75) is 19.3 Å². The average Bonchev–Trinajstić information content (AvgIpc) is 2.96. The number of amides is 1. The maximum atomic E-state index is 11.3. The van der Waals surface area contributed by atoms with E-state index in [1.54, 1.807) is 0 Å². The molecule has 0 saturated carbocycles. The summed E-state index contributed by atoms with van der Waals surface area (Å²) >= 11 is 1.52. The van der Waals surface area contributed by atoms with Crippen molar-refractivity contribution >= 4 is 23.6 Å². The molecule has 120 valence electrons. The predicted molar refractivity (Wildman–Crippen MR) is 83.5 cm³/mol. The van der Waals surface area contributed by atoms with Gasteiger partial charge in [0, 0.05) is 0 Å². The van der Waals surface area contributed by atoms with E-state index in [9.17, 15) is 9.59 Å². The van der Waals surface area contributed by atoms with E-state index in [1.165, 1.54) is 17.3 Å². The Kier molecular flexibility index (Phi) is 6.39. The second-order valence-electron chi connectivity index (χ2n) is 4.87. The highest BCUT2D eigenvalue weighted by Gasteiger charge is 2.12. The van der Waals surface area contributed by atoms with E-state index in [1.807, 2.05) is 18.2 Å². The first-order valence-corrected chi connectivity index (χ1v) is 8.25. The number of unbranched alkanes of at least 4 members (excludes halogenated alkanes) is 1. The van der Waals surface area contributed by atoms with Crippen LogP contribution in [0.15, 0.2) is 18.2 Å². The zero-order valence-electron chi connectivity index (χ0n) is 12.2. The number of fused-ring (bicyclic) bond motifs is 1. The van der Waals surface area contributed by atoms with Crippen molar-refractivity contribution in [1.29, 1.82) is 0 Å². The number of carbonyl (C=O) groups is 2. The number of thioether (sulfide) groups is 1. The molecule has 7 heteroatoms. The van der Waals surface area contributed by atoms with Gasteiger partial charge in [-0.2, -0.15) is 11.8 Å². The van der Waals surface area contributed by atoms with Gasteiger partial charge < -0.3 is 19.9 Å². The van der Waals surface area contributed by atoms with E-state index < -0.39 is 5.97 Å². The highest BCUT2D eigenvalue weighted by molar-refractivity contribution is 7.99. The van der Waals surface area contributed by atoms with Gasteiger partial charge in [-0.1, -0.05) is 6.07 Å². The molecule has 1 amide bonds. The van der Waals surface area contributed by atoms with Crippen LogP contribution >= 0.6 is 11.8 Å². The molecule has 0 atom stereocenters. The Hall–Kier alpha value is -1.89. The third-order valence-electron chi connectivity index (χ3n) is 3.11. The largest absolute Gasteiger partial charge is 0.480 e. The van der Waals surface area contributed by atoms with Crippen molar-refractivity contribution in [2.75, 3.05) is 24.8 Å². The lowest BCUT2D eigenvalue weighted by Gasteiger charge is -2.04. The van der Waals surface area contributed by atoms with Crippen LogP contribution in [0.4, 0.5) is 0 Å². The van der Waals surface area contributed by atoms with Crippen LogP contribution in [0.25, 0.3) is 0 Å². The molecule has 0 radical (unpaired) electrons. The minimum Gasteiger partial charge on any atom is -0.480 e. The Labute approximate surface area is 133 Å². The molecule has 0 aliphatic carbocycles. The zero-order chi connectivity index (χ0) is 15.8. The smallest absolute Gasteiger partial charge is 0.322 e. The fourth-order valence-corrected chi connectivity index (χ4v) is 2.86. The number of carbonyl (C=O) groups excluding carboxylic acids is 1. The maximum absolute atomic E-state index is 11.3. The third kappa shape index (κ3) is 5.48. The van der Waals surface area contributed by atoms with Crippen molar-refractivity contribution < 1.29 is 24.2 Å². The molecule has 2 N–H and O–H groups in total. The Morgan fingerprint density at radius 1 is 1.23 bits per heavy atom. The number of benzene rings is 1. The maximum Gasteiger partial charge on any atom is 0.322 e. The molecule has 22 heavy (non-hydrogen) atoms. The number of hydrogen-bond acceptors (Lipinski definition) is 5. The summed E-state index contributed by atoms with van der Waals surface area (Å²) in [7, 11) is 0. The first kappa shape index (κ1) is 16.5. The van der Waals surface area contributed by atoms with Crippen LogP contribution in [-0.4, -0.2) is 41.8 Å². The van der Waals surface area contributed by atoms with Crippen LogP contribution in [0.5, 0.6) is 11.5 Å². The summed E-state index contributed by atoms with van der Waals surface area (Å²) in [5, 5.41) is 10.8. The summed E-state index contributed by atoms with van der Waals surface area (Å²) in [6.07, 6.45) is 3.00. The monoisotopic (exact) mass is 325 g/mol. The van der Waals surface area contributed by atoms with Gasteiger partial charge in [0.1, 0.15) is 6.54 Å². The van der Waals surface area contributed by atoms with Crippen LogP contribution in [0.3, 0.4) is 0 Å². The number of carboxylic acids is 1. The van der Waals surface area contributed by atoms with Gasteiger partial charge in [0.05, 0.1) is 5.75 Å². The van der Waals surface area contributed by atoms with E-state index in [0.717, 1.165) is 36.5 Å². The molecule has 1 aromatic carbocycles. The van der Waals surface area contributed by atoms with Crippen LogP contribution in [-0.2, 0) is 16.0 Å². The fourth-order valence-electron chi connectivity index (χ4n) is 2.02. The number of rotatable bonds is 9. The number of ether oxygens (including phenoxy) is 2. The molecule has 2 rings (SSSR count). The topological polar surface area (TPSA) is 84.9 Å². The molecule has 1 heterocycles. The molecule has 1 aromatic rings. The molecule has 0 aromatic heterocycles. The van der Waals surface area contributed by atoms with Gasteiger partial charge in [-0.15, -0.1) is 0 Å². The van der Waals surface area contributed by atoms with Crippen molar-refractivity contribution in [1.82, 2.24) is 5.32 Å². The lowest BCUT2D eigenvalue weighted by atomic mass is 10.1. The second kappa shape index (κ2) is 8.53. The molecule has 6 nitrogen and oxygen atoms in total. The predicted octanol–water partition coefficient (Wildman–Crippen LogP) is 1.67. The van der Waals surface area contributed by atoms with E-state index in [4.69, 9.17) is 14.6 Å². The Bertz CT molecular complexity index is 535. The average molecular weight is 325 g/mol. The third-order valence-corrected chi connectivity index (χ3v) is 4.15. The molecule has 1 aliphatic rings. The van der Waals surface area contributed by atoms with Crippen LogP contribution in [0.2, 0.25) is 0 Å². The molecular weight excluding hydrogens is 306 g/mol. The second-order valence-corrected chi connectivity index (χ2v) is 5.97. The number of carboxylic acid groups (broad SMARTS) is 1. The highest BCUT2D eigenvalue weighted by Crippen LogP contribution is 2.32. The number of aryl methyl sites for hydroxylation is 1. The Morgan fingerprint density at radius 3 is 2.86 bits per heavy atom. The Morgan fingerprint density at radius 2 is 2.05 bits per heavy atom. The summed E-state index contributed by atoms with van der Waals surface area (Å²) in [6.45, 7) is -0.0249. The lowest BCUT2D eigenvalue weighted by Crippen LogP contribution is -2.30. The Balaban J connectivity index is 1.54. The number of hydrogen-bond donors (Lipinski definition) is 2. The van der Waals surface area contributed by atoms with E-state index in [0.29, 0.717) is 12.5 Å². The van der Waals surface area contributed by atoms with Gasteiger partial charge in [-0.05, 0) is 42.7 Å². The zero-order valence-corrected chi connectivity index (χ0v) is 13.0. The SMILES string of the molecule is O=C(O)CNC(=O)CSCCCCc1ccc2c(c1)OCO2. The lowest BCUT2D eigenvalue weighted by molar-refractivity contribution is -0.137. The molecule has 1 aliphatic heterocycles. The van der Waals surface area contributed by atoms with Gasteiger partial charge in [-0.3, -0.25) is 9.59 Å². The molecule has 0 fully saturated rings. The van der Waals surface area contributed by atoms with E-state index in [2.05, 4.69) is 5.32 Å². The molecule has 0 spiro atoms. The molecular formula is C15H19NO5S. The normalized spacial score (nSPS) is 12.2. The van der Waals surface area contributed by atoms with Gasteiger partial charge in [0.15, 0.2) is 11.5 Å². The highest BCUT2D eigenvalue weighted by atomic mass is 32.2. The van der Waals surface area contributed by atoms with Crippen molar-refractivity contribution in [3.8, 4) is 11.5 Å². The molecule has 0 bridgehead atoms. The quantitative estimate of drug-likeness (QED) is 0.672. The standard InChI is InChI=1S/C15H19NO5S/c17-14(16-8-15(18)19)9-22-6-2-1-3-11-4-5-12-13(7-11)21-10-20-12/h4-5,7H,1-3,6,8-10H2,(H,16,17)(H,18,19). The van der Waals surface area contributed by atoms with Crippen LogP contribution in [0, 0.1) is 0 Å². The van der Waals surface area contributed by atoms with Gasteiger partial charge in [0.25, 0.3) is 0 Å². The van der Waals surface area contributed by atoms with Gasteiger partial charge in [-0.25, -0.2) is 0 Å². The van der Waals surface area contributed by atoms with Crippen molar-refractivity contribution in [3.05, 3.63) is 23.8 Å². The summed E-state index contributed by atoms with van der Waals surface area (Å²) in [5.41, 5.74) is 1.22. The van der Waals surface area contributed by atoms with Crippen molar-refractivity contribution in [2.24, 2.45) is 0 Å². The summed E-state index contributed by atoms with van der Waals surface area (Å²) in [6, 6.07) is 5.98. The fraction of sp³-hybridized carbons (Fsp3) is 0.467. The first-order chi connectivity index (χ1) is 10.6. The van der Waals surface area contributed by atoms with Crippen LogP contribution < -0.4 is 14.8 Å². The van der Waals surface area contributed by atoms with Crippen LogP contribution in [0.1, 0.15) is 18.4 Å². The van der Waals surface area contributed by atoms with E-state index in [-0.39, 0.29) is 12.5 Å². The molecule has 0 unspecified atom stereocenters. The minimum atomic E-state index is -1.03. The molecule has 0 saturated heterocycles. The number of nitrogens with one attached hydrogen (secondary N) is 1. The number of aliphatic carboxylic acids is 1. The summed E-state index contributed by atoms with van der Waals surface area (Å²) in [5.74, 6) is 1.53. The van der Waals surface area contributed by atoms with Crippen molar-refractivity contribution in [3.63, 3.8) is 0 Å². The first-order valence-electron chi connectivity index (χ1n) is 7.10. The summed E-state index contributed by atoms with van der Waals surface area (Å²) in [4.78, 5) is 21.6. The minimum absolute atomic E-state index is 0.233. The van der Waals surface area contributed by atoms with E-state index >= 15 is 0 Å². The summed E-state index contributed by atoms with van der Waals surface area (Å²) < 4.78 is 10.6. The van der Waals surface area contributed by atoms with Gasteiger partial charge in [0.2, 0.25) is 12.7 Å².